The van der Waals surface area contributed by atoms with E-state index >= 15 is 0 Å². The van der Waals surface area contributed by atoms with Crippen molar-refractivity contribution in [3.8, 4) is 0 Å². The second kappa shape index (κ2) is 5.36. The lowest BCUT2D eigenvalue weighted by Gasteiger charge is -2.21. The molecule has 1 fully saturated rings. The molecule has 1 aromatic heterocycles. The summed E-state index contributed by atoms with van der Waals surface area (Å²) in [6.45, 7) is 0.200. The molecule has 0 saturated heterocycles. The van der Waals surface area contributed by atoms with E-state index in [-0.39, 0.29) is 23.2 Å². The first kappa shape index (κ1) is 14.4. The predicted molar refractivity (Wildman–Crippen MR) is 80.3 cm³/mol. The molecule has 112 valence electrons. The molecule has 0 aliphatic heterocycles. The van der Waals surface area contributed by atoms with Gasteiger partial charge in [0.1, 0.15) is 10.7 Å². The first-order valence-corrected chi connectivity index (χ1v) is 8.39. The van der Waals surface area contributed by atoms with E-state index in [1.165, 1.54) is 22.7 Å². The zero-order valence-electron chi connectivity index (χ0n) is 11.2. The van der Waals surface area contributed by atoms with E-state index in [4.69, 9.17) is 21.8 Å². The highest BCUT2D eigenvalue weighted by Crippen LogP contribution is 2.35. The highest BCUT2D eigenvalue weighted by Gasteiger charge is 2.39. The second-order valence-corrected chi connectivity index (χ2v) is 7.34. The average Bonchev–Trinajstić information content (AvgIpc) is 3.14. The second-order valence-electron chi connectivity index (χ2n) is 5.04. The van der Waals surface area contributed by atoms with Gasteiger partial charge in [-0.05, 0) is 43.2 Å². The molecule has 0 atom stereocenters. The number of hydrogen-bond donors (Lipinski definition) is 1. The Kier molecular flexibility index (Phi) is 3.69. The summed E-state index contributed by atoms with van der Waals surface area (Å²) in [6, 6.07) is 7.96. The fourth-order valence-corrected chi connectivity index (χ4v) is 4.22. The normalized spacial score (nSPS) is 15.5. The minimum atomic E-state index is -3.70. The van der Waals surface area contributed by atoms with Gasteiger partial charge >= 0.3 is 0 Å². The van der Waals surface area contributed by atoms with Crippen molar-refractivity contribution in [1.82, 2.24) is 4.31 Å². The van der Waals surface area contributed by atoms with Crippen molar-refractivity contribution in [3.05, 3.63) is 47.4 Å². The Morgan fingerprint density at radius 2 is 2.10 bits per heavy atom. The van der Waals surface area contributed by atoms with Crippen LogP contribution in [-0.4, -0.2) is 18.8 Å². The third kappa shape index (κ3) is 2.92. The summed E-state index contributed by atoms with van der Waals surface area (Å²) in [5, 5.41) is 0.344. The van der Waals surface area contributed by atoms with Crippen LogP contribution in [0.15, 0.2) is 45.9 Å². The van der Waals surface area contributed by atoms with E-state index in [0.717, 1.165) is 12.8 Å². The lowest BCUT2D eigenvalue weighted by molar-refractivity contribution is 0.357. The highest BCUT2D eigenvalue weighted by molar-refractivity contribution is 7.89. The van der Waals surface area contributed by atoms with Crippen molar-refractivity contribution in [2.24, 2.45) is 0 Å². The molecule has 5 nitrogen and oxygen atoms in total. The molecule has 0 radical (unpaired) electrons. The van der Waals surface area contributed by atoms with Gasteiger partial charge in [0, 0.05) is 11.1 Å². The number of nitrogens with two attached hydrogens (primary N) is 1. The molecule has 0 amide bonds. The lowest BCUT2D eigenvalue weighted by atomic mass is 10.3. The summed E-state index contributed by atoms with van der Waals surface area (Å²) in [5.41, 5.74) is 6.02. The van der Waals surface area contributed by atoms with E-state index in [9.17, 15) is 8.42 Å². The van der Waals surface area contributed by atoms with E-state index in [0.29, 0.717) is 10.8 Å². The highest BCUT2D eigenvalue weighted by atomic mass is 35.5. The standard InChI is InChI=1S/C14H15ClN2O3S/c15-10-3-6-13(16)14(8-10)21(18,19)17(11-4-5-11)9-12-2-1-7-20-12/h1-3,6-8,11H,4-5,9,16H2. The van der Waals surface area contributed by atoms with Gasteiger partial charge in [0.2, 0.25) is 10.0 Å². The van der Waals surface area contributed by atoms with Gasteiger partial charge < -0.3 is 10.2 Å². The minimum Gasteiger partial charge on any atom is -0.468 e. The monoisotopic (exact) mass is 326 g/mol. The topological polar surface area (TPSA) is 76.5 Å². The third-order valence-corrected chi connectivity index (χ3v) is 5.60. The average molecular weight is 327 g/mol. The first-order chi connectivity index (χ1) is 9.98. The molecule has 2 N–H and O–H groups in total. The van der Waals surface area contributed by atoms with Crippen molar-refractivity contribution in [2.45, 2.75) is 30.3 Å². The molecule has 1 heterocycles. The maximum absolute atomic E-state index is 12.9. The largest absolute Gasteiger partial charge is 0.468 e. The van der Waals surface area contributed by atoms with Gasteiger partial charge in [-0.2, -0.15) is 4.31 Å². The lowest BCUT2D eigenvalue weighted by Crippen LogP contribution is -2.33. The summed E-state index contributed by atoms with van der Waals surface area (Å²) in [5.74, 6) is 0.603. The Labute approximate surface area is 128 Å². The number of rotatable bonds is 5. The van der Waals surface area contributed by atoms with Crippen molar-refractivity contribution < 1.29 is 12.8 Å². The Morgan fingerprint density at radius 3 is 2.71 bits per heavy atom. The Morgan fingerprint density at radius 1 is 1.33 bits per heavy atom. The number of anilines is 1. The molecule has 0 spiro atoms. The first-order valence-electron chi connectivity index (χ1n) is 6.58. The van der Waals surface area contributed by atoms with Gasteiger partial charge in [-0.25, -0.2) is 8.42 Å². The van der Waals surface area contributed by atoms with Crippen LogP contribution in [0.25, 0.3) is 0 Å². The molecule has 1 aromatic carbocycles. The van der Waals surface area contributed by atoms with Crippen LogP contribution in [0.5, 0.6) is 0 Å². The molecule has 1 saturated carbocycles. The number of benzene rings is 1. The summed E-state index contributed by atoms with van der Waals surface area (Å²) >= 11 is 5.91. The van der Waals surface area contributed by atoms with Crippen LogP contribution in [-0.2, 0) is 16.6 Å². The quantitative estimate of drug-likeness (QED) is 0.857. The molecule has 2 aromatic rings. The number of nitrogens with zero attached hydrogens (tertiary/aromatic N) is 1. The molecule has 3 rings (SSSR count). The predicted octanol–water partition coefficient (Wildman–Crippen LogP) is 2.87. The molecule has 0 bridgehead atoms. The Hall–Kier alpha value is -1.50. The van der Waals surface area contributed by atoms with E-state index in [1.807, 2.05) is 0 Å². The van der Waals surface area contributed by atoms with Crippen molar-refractivity contribution in [1.29, 1.82) is 0 Å². The summed E-state index contributed by atoms with van der Waals surface area (Å²) in [6.07, 6.45) is 3.22. The van der Waals surface area contributed by atoms with Crippen molar-refractivity contribution in [3.63, 3.8) is 0 Å². The van der Waals surface area contributed by atoms with Gasteiger partial charge in [-0.15, -0.1) is 0 Å². The fourth-order valence-electron chi connectivity index (χ4n) is 2.19. The van der Waals surface area contributed by atoms with Crippen LogP contribution in [0.1, 0.15) is 18.6 Å². The number of furan rings is 1. The minimum absolute atomic E-state index is 0.00141. The number of nitrogen functional groups attached to an aromatic ring is 1. The number of halogens is 1. The number of hydrogen-bond acceptors (Lipinski definition) is 4. The number of sulfonamides is 1. The van der Waals surface area contributed by atoms with Crippen LogP contribution >= 0.6 is 11.6 Å². The van der Waals surface area contributed by atoms with Crippen molar-refractivity contribution in [2.75, 3.05) is 5.73 Å². The fraction of sp³-hybridized carbons (Fsp3) is 0.286. The van der Waals surface area contributed by atoms with Crippen LogP contribution in [0.4, 0.5) is 5.69 Å². The Balaban J connectivity index is 1.99. The summed E-state index contributed by atoms with van der Waals surface area (Å²) in [7, 11) is -3.70. The zero-order chi connectivity index (χ0) is 15.0. The van der Waals surface area contributed by atoms with Gasteiger partial charge in [0.15, 0.2) is 0 Å². The van der Waals surface area contributed by atoms with Crippen molar-refractivity contribution >= 4 is 27.3 Å². The third-order valence-electron chi connectivity index (χ3n) is 3.41. The summed E-state index contributed by atoms with van der Waals surface area (Å²) in [4.78, 5) is 0.0495. The molecule has 0 unspecified atom stereocenters. The SMILES string of the molecule is Nc1ccc(Cl)cc1S(=O)(=O)N(Cc1ccco1)C1CC1. The summed E-state index contributed by atoms with van der Waals surface area (Å²) < 4.78 is 32.4. The molecular formula is C14H15ClN2O3S. The van der Waals surface area contributed by atoms with Crippen LogP contribution in [0, 0.1) is 0 Å². The van der Waals surface area contributed by atoms with Gasteiger partial charge in [0.25, 0.3) is 0 Å². The molecule has 21 heavy (non-hydrogen) atoms. The van der Waals surface area contributed by atoms with Gasteiger partial charge in [0.05, 0.1) is 18.5 Å². The van der Waals surface area contributed by atoms with E-state index in [1.54, 1.807) is 18.2 Å². The smallest absolute Gasteiger partial charge is 0.245 e. The van der Waals surface area contributed by atoms with Gasteiger partial charge in [-0.1, -0.05) is 11.6 Å². The van der Waals surface area contributed by atoms with Crippen LogP contribution < -0.4 is 5.73 Å². The maximum atomic E-state index is 12.9. The van der Waals surface area contributed by atoms with Gasteiger partial charge in [-0.3, -0.25) is 0 Å². The van der Waals surface area contributed by atoms with E-state index in [2.05, 4.69) is 0 Å². The maximum Gasteiger partial charge on any atom is 0.245 e. The van der Waals surface area contributed by atoms with Crippen LogP contribution in [0.2, 0.25) is 5.02 Å². The molecule has 1 aliphatic carbocycles. The Bertz CT molecular complexity index is 740. The molecule has 7 heteroatoms. The van der Waals surface area contributed by atoms with Crippen LogP contribution in [0.3, 0.4) is 0 Å². The van der Waals surface area contributed by atoms with E-state index < -0.39 is 10.0 Å². The molecule has 1 aliphatic rings. The zero-order valence-corrected chi connectivity index (χ0v) is 12.8. The molecular weight excluding hydrogens is 312 g/mol.